The van der Waals surface area contributed by atoms with Crippen LogP contribution in [0.1, 0.15) is 16.7 Å². The van der Waals surface area contributed by atoms with Gasteiger partial charge in [-0.05, 0) is 47.1 Å². The van der Waals surface area contributed by atoms with Crippen molar-refractivity contribution in [1.29, 1.82) is 0 Å². The van der Waals surface area contributed by atoms with Gasteiger partial charge in [-0.25, -0.2) is 0 Å². The van der Waals surface area contributed by atoms with Crippen LogP contribution in [0.25, 0.3) is 10.8 Å². The van der Waals surface area contributed by atoms with E-state index in [2.05, 4.69) is 52.6 Å². The largest absolute Gasteiger partial charge is 0.488 e. The Kier molecular flexibility index (Phi) is 4.80. The molecule has 0 aliphatic heterocycles. The number of ether oxygens (including phenoxy) is 1. The summed E-state index contributed by atoms with van der Waals surface area (Å²) in [7, 11) is 0. The van der Waals surface area contributed by atoms with Crippen molar-refractivity contribution in [2.45, 2.75) is 13.5 Å². The predicted octanol–water partition coefficient (Wildman–Crippen LogP) is 4.86. The standard InChI is InChI=1S/C21H18N4OS/c1-15-6-2-3-8-17(15)13-26-20-11-10-16-7-4-5-9-18(16)19(20)12-23-25-14-22-24-21(25)27/h2-12,14H,13H2,1H3,(H,24,27). The number of hydrogen-bond acceptors (Lipinski definition) is 4. The minimum absolute atomic E-state index is 0.439. The van der Waals surface area contributed by atoms with Crippen LogP contribution in [-0.2, 0) is 6.61 Å². The maximum Gasteiger partial charge on any atom is 0.216 e. The molecule has 0 fully saturated rings. The molecule has 0 amide bonds. The lowest BCUT2D eigenvalue weighted by molar-refractivity contribution is 0.305. The minimum atomic E-state index is 0.439. The lowest BCUT2D eigenvalue weighted by Crippen LogP contribution is -2.01. The maximum atomic E-state index is 6.16. The molecule has 1 N–H and O–H groups in total. The number of aromatic nitrogens is 3. The molecule has 0 aliphatic carbocycles. The van der Waals surface area contributed by atoms with Gasteiger partial charge in [0.05, 0.1) is 6.21 Å². The molecule has 4 aromatic rings. The van der Waals surface area contributed by atoms with E-state index in [1.54, 1.807) is 6.21 Å². The zero-order chi connectivity index (χ0) is 18.6. The number of benzene rings is 3. The van der Waals surface area contributed by atoms with Gasteiger partial charge in [0.15, 0.2) is 0 Å². The highest BCUT2D eigenvalue weighted by atomic mass is 32.1. The Morgan fingerprint density at radius 3 is 2.74 bits per heavy atom. The fourth-order valence-electron chi connectivity index (χ4n) is 2.91. The summed E-state index contributed by atoms with van der Waals surface area (Å²) < 4.78 is 8.12. The Bertz CT molecular complexity index is 1180. The number of H-pyrrole nitrogens is 1. The second-order valence-corrected chi connectivity index (χ2v) is 6.55. The smallest absolute Gasteiger partial charge is 0.216 e. The van der Waals surface area contributed by atoms with Gasteiger partial charge in [-0.1, -0.05) is 54.6 Å². The Labute approximate surface area is 161 Å². The normalized spacial score (nSPS) is 11.3. The predicted molar refractivity (Wildman–Crippen MR) is 110 cm³/mol. The van der Waals surface area contributed by atoms with Gasteiger partial charge < -0.3 is 4.74 Å². The first-order chi connectivity index (χ1) is 13.2. The van der Waals surface area contributed by atoms with Crippen LogP contribution in [0, 0.1) is 11.7 Å². The second kappa shape index (κ2) is 7.55. The molecule has 27 heavy (non-hydrogen) atoms. The van der Waals surface area contributed by atoms with Gasteiger partial charge in [0.25, 0.3) is 0 Å². The molecule has 0 unspecified atom stereocenters. The summed E-state index contributed by atoms with van der Waals surface area (Å²) >= 11 is 5.16. The molecular weight excluding hydrogens is 356 g/mol. The highest BCUT2D eigenvalue weighted by molar-refractivity contribution is 7.71. The van der Waals surface area contributed by atoms with Crippen LogP contribution in [0.3, 0.4) is 0 Å². The van der Waals surface area contributed by atoms with Gasteiger partial charge >= 0.3 is 0 Å². The molecule has 6 heteroatoms. The topological polar surface area (TPSA) is 55.2 Å². The van der Waals surface area contributed by atoms with Gasteiger partial charge in [-0.3, -0.25) is 5.10 Å². The first kappa shape index (κ1) is 17.2. The third-order valence-electron chi connectivity index (χ3n) is 4.42. The van der Waals surface area contributed by atoms with E-state index in [1.807, 2.05) is 30.3 Å². The van der Waals surface area contributed by atoms with Crippen molar-refractivity contribution in [1.82, 2.24) is 14.9 Å². The van der Waals surface area contributed by atoms with Gasteiger partial charge in [-0.15, -0.1) is 0 Å². The van der Waals surface area contributed by atoms with E-state index in [0.29, 0.717) is 11.4 Å². The molecule has 0 saturated carbocycles. The molecule has 1 heterocycles. The van der Waals surface area contributed by atoms with Crippen molar-refractivity contribution < 1.29 is 4.74 Å². The summed E-state index contributed by atoms with van der Waals surface area (Å²) in [5, 5.41) is 13.2. The highest BCUT2D eigenvalue weighted by Crippen LogP contribution is 2.27. The molecule has 3 aromatic carbocycles. The van der Waals surface area contributed by atoms with E-state index < -0.39 is 0 Å². The van der Waals surface area contributed by atoms with Crippen LogP contribution in [0.15, 0.2) is 72.1 Å². The summed E-state index contributed by atoms with van der Waals surface area (Å²) in [5.74, 6) is 0.774. The van der Waals surface area contributed by atoms with Crippen LogP contribution in [-0.4, -0.2) is 21.1 Å². The number of aryl methyl sites for hydroxylation is 1. The number of hydrogen-bond donors (Lipinski definition) is 1. The van der Waals surface area contributed by atoms with Crippen molar-refractivity contribution in [3.63, 3.8) is 0 Å². The second-order valence-electron chi connectivity index (χ2n) is 6.16. The number of rotatable bonds is 5. The molecule has 1 aromatic heterocycles. The van der Waals surface area contributed by atoms with E-state index in [0.717, 1.165) is 27.6 Å². The zero-order valence-corrected chi connectivity index (χ0v) is 15.6. The fraction of sp³-hybridized carbons (Fsp3) is 0.0952. The molecule has 134 valence electrons. The third kappa shape index (κ3) is 3.66. The van der Waals surface area contributed by atoms with Gasteiger partial charge in [0.1, 0.15) is 18.7 Å². The summed E-state index contributed by atoms with van der Waals surface area (Å²) in [6, 6.07) is 20.4. The molecule has 0 aliphatic rings. The van der Waals surface area contributed by atoms with Gasteiger partial charge in [0.2, 0.25) is 4.77 Å². The molecule has 5 nitrogen and oxygen atoms in total. The summed E-state index contributed by atoms with van der Waals surface area (Å²) in [6.07, 6.45) is 3.30. The SMILES string of the molecule is Cc1ccccc1COc1ccc2ccccc2c1C=Nn1cn[nH]c1=S. The van der Waals surface area contributed by atoms with E-state index in [4.69, 9.17) is 17.0 Å². The average molecular weight is 374 g/mol. The van der Waals surface area contributed by atoms with Crippen LogP contribution < -0.4 is 4.74 Å². The molecule has 0 saturated heterocycles. The number of nitrogens with zero attached hydrogens (tertiary/aromatic N) is 3. The van der Waals surface area contributed by atoms with E-state index in [-0.39, 0.29) is 0 Å². The van der Waals surface area contributed by atoms with Gasteiger partial charge in [-0.2, -0.15) is 14.9 Å². The number of aromatic amines is 1. The van der Waals surface area contributed by atoms with Crippen LogP contribution in [0.2, 0.25) is 0 Å². The Morgan fingerprint density at radius 2 is 1.93 bits per heavy atom. The van der Waals surface area contributed by atoms with Crippen molar-refractivity contribution >= 4 is 29.2 Å². The molecule has 0 bridgehead atoms. The zero-order valence-electron chi connectivity index (χ0n) is 14.8. The Morgan fingerprint density at radius 1 is 1.11 bits per heavy atom. The number of nitrogens with one attached hydrogen (secondary N) is 1. The fourth-order valence-corrected chi connectivity index (χ4v) is 3.05. The lowest BCUT2D eigenvalue weighted by Gasteiger charge is -2.13. The average Bonchev–Trinajstić information content (AvgIpc) is 3.10. The summed E-state index contributed by atoms with van der Waals surface area (Å²) in [4.78, 5) is 0. The number of fused-ring (bicyclic) bond motifs is 1. The van der Waals surface area contributed by atoms with E-state index in [1.165, 1.54) is 16.6 Å². The van der Waals surface area contributed by atoms with Crippen molar-refractivity contribution in [3.8, 4) is 5.75 Å². The van der Waals surface area contributed by atoms with E-state index >= 15 is 0 Å². The van der Waals surface area contributed by atoms with Crippen LogP contribution in [0.4, 0.5) is 0 Å². The molecule has 0 radical (unpaired) electrons. The van der Waals surface area contributed by atoms with E-state index in [9.17, 15) is 0 Å². The first-order valence-corrected chi connectivity index (χ1v) is 8.98. The minimum Gasteiger partial charge on any atom is -0.488 e. The van der Waals surface area contributed by atoms with Crippen LogP contribution in [0.5, 0.6) is 5.75 Å². The maximum absolute atomic E-state index is 6.16. The molecule has 4 rings (SSSR count). The van der Waals surface area contributed by atoms with Crippen molar-refractivity contribution in [3.05, 3.63) is 88.5 Å². The van der Waals surface area contributed by atoms with Crippen LogP contribution >= 0.6 is 12.2 Å². The summed E-state index contributed by atoms with van der Waals surface area (Å²) in [5.41, 5.74) is 3.27. The first-order valence-electron chi connectivity index (χ1n) is 8.58. The van der Waals surface area contributed by atoms with Gasteiger partial charge in [0, 0.05) is 5.56 Å². The molecular formula is C21H18N4OS. The lowest BCUT2D eigenvalue weighted by atomic mass is 10.0. The van der Waals surface area contributed by atoms with Crippen molar-refractivity contribution in [2.75, 3.05) is 0 Å². The molecule has 0 spiro atoms. The van der Waals surface area contributed by atoms with Crippen molar-refractivity contribution in [2.24, 2.45) is 5.10 Å². The monoisotopic (exact) mass is 374 g/mol. The molecule has 0 atom stereocenters. The summed E-state index contributed by atoms with van der Waals surface area (Å²) in [6.45, 7) is 2.58. The third-order valence-corrected chi connectivity index (χ3v) is 4.70. The quantitative estimate of drug-likeness (QED) is 0.401. The Hall–Kier alpha value is -3.25. The highest BCUT2D eigenvalue weighted by Gasteiger charge is 2.08. The Balaban J connectivity index is 1.73.